The Balaban J connectivity index is 1.82. The van der Waals surface area contributed by atoms with Crippen LogP contribution in [0.2, 0.25) is 0 Å². The SMILES string of the molecule is O=C(NCCNC(=O)c1ccc[nH]c1=S)c1ccccc1O. The van der Waals surface area contributed by atoms with E-state index in [9.17, 15) is 14.7 Å². The molecule has 0 aliphatic carbocycles. The molecule has 0 radical (unpaired) electrons. The summed E-state index contributed by atoms with van der Waals surface area (Å²) in [5.41, 5.74) is 0.573. The number of amides is 2. The monoisotopic (exact) mass is 317 g/mol. The predicted molar refractivity (Wildman–Crippen MR) is 84.4 cm³/mol. The van der Waals surface area contributed by atoms with Crippen LogP contribution in [0.4, 0.5) is 0 Å². The highest BCUT2D eigenvalue weighted by atomic mass is 32.1. The highest BCUT2D eigenvalue weighted by Gasteiger charge is 2.10. The molecule has 1 aromatic heterocycles. The minimum atomic E-state index is -0.399. The lowest BCUT2D eigenvalue weighted by Gasteiger charge is -2.08. The summed E-state index contributed by atoms with van der Waals surface area (Å²) in [5.74, 6) is -0.789. The molecule has 1 heterocycles. The van der Waals surface area contributed by atoms with E-state index in [1.54, 1.807) is 30.5 Å². The van der Waals surface area contributed by atoms with Gasteiger partial charge < -0.3 is 20.7 Å². The first-order valence-corrected chi connectivity index (χ1v) is 7.02. The van der Waals surface area contributed by atoms with E-state index in [2.05, 4.69) is 15.6 Å². The minimum Gasteiger partial charge on any atom is -0.507 e. The lowest BCUT2D eigenvalue weighted by molar-refractivity contribution is 0.0925. The van der Waals surface area contributed by atoms with E-state index in [1.807, 2.05) is 0 Å². The zero-order valence-corrected chi connectivity index (χ0v) is 12.4. The maximum Gasteiger partial charge on any atom is 0.255 e. The number of carbonyl (C=O) groups excluding carboxylic acids is 2. The van der Waals surface area contributed by atoms with Crippen molar-refractivity contribution >= 4 is 24.0 Å². The summed E-state index contributed by atoms with van der Waals surface area (Å²) >= 11 is 5.01. The Morgan fingerprint density at radius 2 is 1.59 bits per heavy atom. The van der Waals surface area contributed by atoms with E-state index >= 15 is 0 Å². The second-order valence-corrected chi connectivity index (χ2v) is 4.85. The molecule has 7 heteroatoms. The molecule has 0 spiro atoms. The van der Waals surface area contributed by atoms with Gasteiger partial charge in [0.05, 0.1) is 11.1 Å². The largest absolute Gasteiger partial charge is 0.507 e. The fraction of sp³-hybridized carbons (Fsp3) is 0.133. The highest BCUT2D eigenvalue weighted by molar-refractivity contribution is 7.71. The van der Waals surface area contributed by atoms with E-state index in [1.165, 1.54) is 12.1 Å². The van der Waals surface area contributed by atoms with Crippen molar-refractivity contribution in [3.8, 4) is 5.75 Å². The maximum absolute atomic E-state index is 11.9. The van der Waals surface area contributed by atoms with Gasteiger partial charge in [0.1, 0.15) is 10.4 Å². The minimum absolute atomic E-state index is 0.0837. The fourth-order valence-electron chi connectivity index (χ4n) is 1.81. The van der Waals surface area contributed by atoms with Gasteiger partial charge in [-0.1, -0.05) is 24.4 Å². The zero-order chi connectivity index (χ0) is 15.9. The van der Waals surface area contributed by atoms with Crippen molar-refractivity contribution in [1.82, 2.24) is 15.6 Å². The molecule has 0 bridgehead atoms. The van der Waals surface area contributed by atoms with Crippen LogP contribution < -0.4 is 10.6 Å². The van der Waals surface area contributed by atoms with Gasteiger partial charge >= 0.3 is 0 Å². The van der Waals surface area contributed by atoms with Crippen LogP contribution in [0, 0.1) is 4.64 Å². The molecule has 0 saturated carbocycles. The first-order chi connectivity index (χ1) is 10.6. The molecule has 0 atom stereocenters. The Hall–Kier alpha value is -2.67. The normalized spacial score (nSPS) is 10.0. The van der Waals surface area contributed by atoms with Crippen molar-refractivity contribution in [3.63, 3.8) is 0 Å². The van der Waals surface area contributed by atoms with Gasteiger partial charge in [0, 0.05) is 19.3 Å². The highest BCUT2D eigenvalue weighted by Crippen LogP contribution is 2.14. The Morgan fingerprint density at radius 3 is 2.23 bits per heavy atom. The van der Waals surface area contributed by atoms with Crippen LogP contribution in [0.1, 0.15) is 20.7 Å². The quantitative estimate of drug-likeness (QED) is 0.498. The number of hydrogen-bond acceptors (Lipinski definition) is 4. The number of carbonyl (C=O) groups is 2. The van der Waals surface area contributed by atoms with Crippen LogP contribution in [0.5, 0.6) is 5.75 Å². The average molecular weight is 317 g/mol. The van der Waals surface area contributed by atoms with E-state index in [-0.39, 0.29) is 30.3 Å². The molecule has 0 fully saturated rings. The number of nitrogens with one attached hydrogen (secondary N) is 3. The number of rotatable bonds is 5. The molecule has 2 amide bonds. The van der Waals surface area contributed by atoms with Gasteiger partial charge in [-0.05, 0) is 24.3 Å². The van der Waals surface area contributed by atoms with Gasteiger partial charge in [-0.25, -0.2) is 0 Å². The third-order valence-electron chi connectivity index (χ3n) is 2.91. The van der Waals surface area contributed by atoms with Crippen LogP contribution in [0.15, 0.2) is 42.6 Å². The number of hydrogen-bond donors (Lipinski definition) is 4. The van der Waals surface area contributed by atoms with E-state index < -0.39 is 5.91 Å². The zero-order valence-electron chi connectivity index (χ0n) is 11.6. The number of phenols is 1. The standard InChI is InChI=1S/C15H15N3O3S/c19-12-6-2-1-4-10(12)13(20)16-8-9-17-14(21)11-5-3-7-18-15(11)22/h1-7,19H,8-9H2,(H,16,20)(H,17,21)(H,18,22). The van der Waals surface area contributed by atoms with Gasteiger partial charge in [-0.3, -0.25) is 9.59 Å². The summed E-state index contributed by atoms with van der Waals surface area (Å²) < 4.78 is 0.359. The Morgan fingerprint density at radius 1 is 1.00 bits per heavy atom. The second-order valence-electron chi connectivity index (χ2n) is 4.44. The summed E-state index contributed by atoms with van der Waals surface area (Å²) in [6.07, 6.45) is 1.64. The van der Waals surface area contributed by atoms with Crippen LogP contribution in [0.25, 0.3) is 0 Å². The molecular formula is C15H15N3O3S. The van der Waals surface area contributed by atoms with E-state index in [4.69, 9.17) is 12.2 Å². The van der Waals surface area contributed by atoms with Crippen molar-refractivity contribution in [2.24, 2.45) is 0 Å². The molecule has 0 aliphatic rings. The van der Waals surface area contributed by atoms with Gasteiger partial charge in [0.25, 0.3) is 11.8 Å². The molecule has 0 unspecified atom stereocenters. The van der Waals surface area contributed by atoms with E-state index in [0.717, 1.165) is 0 Å². The van der Waals surface area contributed by atoms with Crippen LogP contribution in [-0.4, -0.2) is 35.0 Å². The third-order valence-corrected chi connectivity index (χ3v) is 3.25. The van der Waals surface area contributed by atoms with Crippen molar-refractivity contribution in [3.05, 3.63) is 58.4 Å². The number of para-hydroxylation sites is 1. The molecule has 1 aromatic carbocycles. The first-order valence-electron chi connectivity index (χ1n) is 6.61. The number of aromatic hydroxyl groups is 1. The lowest BCUT2D eigenvalue weighted by Crippen LogP contribution is -2.34. The molecule has 2 aromatic rings. The molecule has 22 heavy (non-hydrogen) atoms. The topological polar surface area (TPSA) is 94.2 Å². The lowest BCUT2D eigenvalue weighted by atomic mass is 10.2. The molecule has 2 rings (SSSR count). The molecular weight excluding hydrogens is 302 g/mol. The molecule has 114 valence electrons. The van der Waals surface area contributed by atoms with Gasteiger partial charge in [0.2, 0.25) is 0 Å². The predicted octanol–water partition coefficient (Wildman–Crippen LogP) is 1.61. The van der Waals surface area contributed by atoms with Crippen LogP contribution >= 0.6 is 12.2 Å². The number of benzene rings is 1. The molecule has 4 N–H and O–H groups in total. The van der Waals surface area contributed by atoms with Crippen molar-refractivity contribution in [2.75, 3.05) is 13.1 Å². The molecule has 0 aliphatic heterocycles. The van der Waals surface area contributed by atoms with Crippen molar-refractivity contribution in [1.29, 1.82) is 0 Å². The smallest absolute Gasteiger partial charge is 0.255 e. The summed E-state index contributed by atoms with van der Waals surface area (Å²) in [4.78, 5) is 26.5. The van der Waals surface area contributed by atoms with Crippen molar-refractivity contribution in [2.45, 2.75) is 0 Å². The molecule has 6 nitrogen and oxygen atoms in total. The molecule has 0 saturated heterocycles. The van der Waals surface area contributed by atoms with Crippen molar-refractivity contribution < 1.29 is 14.7 Å². The Bertz CT molecular complexity index is 743. The fourth-order valence-corrected chi connectivity index (χ4v) is 2.04. The number of pyridine rings is 1. The maximum atomic E-state index is 11.9. The van der Waals surface area contributed by atoms with Crippen LogP contribution in [-0.2, 0) is 0 Å². The summed E-state index contributed by atoms with van der Waals surface area (Å²) in [6.45, 7) is 0.490. The summed E-state index contributed by atoms with van der Waals surface area (Å²) in [5, 5.41) is 14.8. The van der Waals surface area contributed by atoms with Gasteiger partial charge in [-0.2, -0.15) is 0 Å². The van der Waals surface area contributed by atoms with Gasteiger partial charge in [0.15, 0.2) is 0 Å². The second kappa shape index (κ2) is 7.37. The van der Waals surface area contributed by atoms with Crippen LogP contribution in [0.3, 0.4) is 0 Å². The summed E-state index contributed by atoms with van der Waals surface area (Å²) in [6, 6.07) is 9.56. The number of aromatic amines is 1. The number of H-pyrrole nitrogens is 1. The average Bonchev–Trinajstić information content (AvgIpc) is 2.52. The van der Waals surface area contributed by atoms with Gasteiger partial charge in [-0.15, -0.1) is 0 Å². The first kappa shape index (κ1) is 15.7. The summed E-state index contributed by atoms with van der Waals surface area (Å²) in [7, 11) is 0. The Labute approximate surface area is 132 Å². The number of aromatic nitrogens is 1. The number of phenolic OH excluding ortho intramolecular Hbond substituents is 1. The third kappa shape index (κ3) is 3.92. The Kier molecular flexibility index (Phi) is 5.26. The van der Waals surface area contributed by atoms with E-state index in [0.29, 0.717) is 10.2 Å².